The van der Waals surface area contributed by atoms with Gasteiger partial charge in [-0.3, -0.25) is 4.79 Å². The molecule has 128 valence electrons. The third kappa shape index (κ3) is 2.65. The minimum absolute atomic E-state index is 0.116. The van der Waals surface area contributed by atoms with Crippen LogP contribution in [-0.2, 0) is 23.8 Å². The molecule has 1 unspecified atom stereocenters. The van der Waals surface area contributed by atoms with Crippen molar-refractivity contribution in [3.8, 4) is 0 Å². The smallest absolute Gasteiger partial charge is 0.373 e. The second kappa shape index (κ2) is 6.45. The monoisotopic (exact) mass is 352 g/mol. The standard InChI is InChI=1S/C17H17ClO6/c1-2-22-14(19)13-9-12(10-3-5-11(18)6-4-10)17(16(21)24-13)7-8-23-15(17)20/h3-6,9,12,16,21H,2,7-8H2,1H3/t12-,16?,17+/m1/s1. The largest absolute Gasteiger partial charge is 0.465 e. The van der Waals surface area contributed by atoms with Crippen molar-refractivity contribution >= 4 is 23.5 Å². The van der Waals surface area contributed by atoms with Crippen LogP contribution in [0.5, 0.6) is 0 Å². The number of hydrogen-bond donors (Lipinski definition) is 1. The highest BCUT2D eigenvalue weighted by Crippen LogP contribution is 2.51. The van der Waals surface area contributed by atoms with Gasteiger partial charge in [0.15, 0.2) is 0 Å². The van der Waals surface area contributed by atoms with Crippen LogP contribution in [0.25, 0.3) is 0 Å². The number of carbonyl (C=O) groups is 2. The molecule has 24 heavy (non-hydrogen) atoms. The maximum atomic E-state index is 12.4. The summed E-state index contributed by atoms with van der Waals surface area (Å²) >= 11 is 5.92. The number of cyclic esters (lactones) is 1. The van der Waals surface area contributed by atoms with Gasteiger partial charge in [0, 0.05) is 17.4 Å². The van der Waals surface area contributed by atoms with Gasteiger partial charge in [-0.25, -0.2) is 4.79 Å². The van der Waals surface area contributed by atoms with Gasteiger partial charge < -0.3 is 19.3 Å². The Bertz CT molecular complexity index is 683. The van der Waals surface area contributed by atoms with Gasteiger partial charge in [0.1, 0.15) is 5.41 Å². The number of ether oxygens (including phenoxy) is 3. The molecule has 3 atom stereocenters. The lowest BCUT2D eigenvalue weighted by molar-refractivity contribution is -0.191. The van der Waals surface area contributed by atoms with Crippen molar-refractivity contribution in [2.24, 2.45) is 5.41 Å². The summed E-state index contributed by atoms with van der Waals surface area (Å²) in [6.07, 6.45) is 0.297. The zero-order valence-corrected chi connectivity index (χ0v) is 13.8. The van der Waals surface area contributed by atoms with Crippen molar-refractivity contribution in [1.82, 2.24) is 0 Å². The van der Waals surface area contributed by atoms with Gasteiger partial charge in [-0.15, -0.1) is 0 Å². The van der Waals surface area contributed by atoms with Crippen LogP contribution in [0.1, 0.15) is 24.8 Å². The number of aliphatic hydroxyl groups excluding tert-OH is 1. The van der Waals surface area contributed by atoms with Gasteiger partial charge in [-0.2, -0.15) is 0 Å². The lowest BCUT2D eigenvalue weighted by Crippen LogP contribution is -2.48. The van der Waals surface area contributed by atoms with Crippen LogP contribution in [0.15, 0.2) is 36.1 Å². The van der Waals surface area contributed by atoms with E-state index < -0.39 is 29.6 Å². The van der Waals surface area contributed by atoms with Gasteiger partial charge in [0.05, 0.1) is 13.2 Å². The summed E-state index contributed by atoms with van der Waals surface area (Å²) in [5.41, 5.74) is -0.563. The average Bonchev–Trinajstić information content (AvgIpc) is 2.94. The van der Waals surface area contributed by atoms with Gasteiger partial charge in [-0.05, 0) is 30.7 Å². The SMILES string of the molecule is CCOC(=O)C1=C[C@H](c2ccc(Cl)cc2)[C@]2(CCOC2=O)C(O)O1. The second-order valence-corrected chi connectivity index (χ2v) is 6.11. The third-order valence-electron chi connectivity index (χ3n) is 4.39. The van der Waals surface area contributed by atoms with Crippen molar-refractivity contribution < 1.29 is 28.9 Å². The maximum Gasteiger partial charge on any atom is 0.373 e. The number of benzene rings is 1. The number of aliphatic hydroxyl groups is 1. The quantitative estimate of drug-likeness (QED) is 0.839. The Labute approximate surface area is 144 Å². The van der Waals surface area contributed by atoms with E-state index in [-0.39, 0.29) is 25.4 Å². The van der Waals surface area contributed by atoms with Crippen LogP contribution < -0.4 is 0 Å². The van der Waals surface area contributed by atoms with Crippen LogP contribution in [-0.4, -0.2) is 36.5 Å². The maximum absolute atomic E-state index is 12.4. The molecule has 6 nitrogen and oxygen atoms in total. The lowest BCUT2D eigenvalue weighted by atomic mass is 9.69. The molecule has 1 spiro atoms. The highest BCUT2D eigenvalue weighted by molar-refractivity contribution is 6.30. The molecule has 1 saturated heterocycles. The molecular weight excluding hydrogens is 336 g/mol. The lowest BCUT2D eigenvalue weighted by Gasteiger charge is -2.39. The van der Waals surface area contributed by atoms with Crippen molar-refractivity contribution in [2.45, 2.75) is 25.6 Å². The first kappa shape index (κ1) is 16.8. The van der Waals surface area contributed by atoms with Gasteiger partial charge in [0.2, 0.25) is 12.0 Å². The predicted octanol–water partition coefficient (Wildman–Crippen LogP) is 2.15. The van der Waals surface area contributed by atoms with Crippen LogP contribution in [0, 0.1) is 5.41 Å². The molecule has 0 amide bonds. The Morgan fingerprint density at radius 3 is 2.71 bits per heavy atom. The number of allylic oxidation sites excluding steroid dienone is 1. The summed E-state index contributed by atoms with van der Waals surface area (Å²) in [5.74, 6) is -1.94. The first-order valence-electron chi connectivity index (χ1n) is 7.65. The van der Waals surface area contributed by atoms with Crippen molar-refractivity contribution in [1.29, 1.82) is 0 Å². The summed E-state index contributed by atoms with van der Waals surface area (Å²) in [5, 5.41) is 11.1. The van der Waals surface area contributed by atoms with Crippen LogP contribution in [0.4, 0.5) is 0 Å². The molecule has 2 heterocycles. The topological polar surface area (TPSA) is 82.1 Å². The van der Waals surface area contributed by atoms with E-state index in [4.69, 9.17) is 25.8 Å². The molecule has 0 radical (unpaired) electrons. The molecular formula is C17H17ClO6. The summed E-state index contributed by atoms with van der Waals surface area (Å²) in [4.78, 5) is 24.4. The molecule has 1 aromatic rings. The molecule has 0 aromatic heterocycles. The highest BCUT2D eigenvalue weighted by atomic mass is 35.5. The van der Waals surface area contributed by atoms with E-state index in [0.717, 1.165) is 5.56 Å². The molecule has 1 N–H and O–H groups in total. The van der Waals surface area contributed by atoms with E-state index in [0.29, 0.717) is 5.02 Å². The van der Waals surface area contributed by atoms with E-state index in [1.165, 1.54) is 6.08 Å². The molecule has 1 fully saturated rings. The molecule has 3 rings (SSSR count). The van der Waals surface area contributed by atoms with Crippen molar-refractivity contribution in [3.05, 3.63) is 46.7 Å². The summed E-state index contributed by atoms with van der Waals surface area (Å²) < 4.78 is 15.3. The fourth-order valence-corrected chi connectivity index (χ4v) is 3.28. The number of esters is 2. The van der Waals surface area contributed by atoms with E-state index >= 15 is 0 Å². The molecule has 7 heteroatoms. The number of carbonyl (C=O) groups excluding carboxylic acids is 2. The Balaban J connectivity index is 2.08. The van der Waals surface area contributed by atoms with E-state index in [1.807, 2.05) is 0 Å². The molecule has 0 saturated carbocycles. The Morgan fingerprint density at radius 2 is 2.12 bits per heavy atom. The third-order valence-corrected chi connectivity index (χ3v) is 4.64. The molecule has 0 aliphatic carbocycles. The average molecular weight is 353 g/mol. The minimum atomic E-state index is -1.50. The fourth-order valence-electron chi connectivity index (χ4n) is 3.16. The fraction of sp³-hybridized carbons (Fsp3) is 0.412. The molecule has 1 aromatic carbocycles. The zero-order chi connectivity index (χ0) is 17.3. The summed E-state index contributed by atoms with van der Waals surface area (Å²) in [6.45, 7) is 2.03. The van der Waals surface area contributed by atoms with E-state index in [1.54, 1.807) is 31.2 Å². The van der Waals surface area contributed by atoms with Gasteiger partial charge in [0.25, 0.3) is 0 Å². The first-order chi connectivity index (χ1) is 11.5. The zero-order valence-electron chi connectivity index (χ0n) is 13.0. The molecule has 2 aliphatic rings. The van der Waals surface area contributed by atoms with E-state index in [9.17, 15) is 14.7 Å². The Morgan fingerprint density at radius 1 is 1.42 bits per heavy atom. The predicted molar refractivity (Wildman–Crippen MR) is 84.0 cm³/mol. The highest BCUT2D eigenvalue weighted by Gasteiger charge is 2.59. The van der Waals surface area contributed by atoms with Gasteiger partial charge in [-0.1, -0.05) is 23.7 Å². The van der Waals surface area contributed by atoms with E-state index in [2.05, 4.69) is 0 Å². The van der Waals surface area contributed by atoms with Crippen LogP contribution in [0.3, 0.4) is 0 Å². The van der Waals surface area contributed by atoms with Crippen LogP contribution in [0.2, 0.25) is 5.02 Å². The molecule has 2 aliphatic heterocycles. The minimum Gasteiger partial charge on any atom is -0.465 e. The number of rotatable bonds is 3. The molecule has 0 bridgehead atoms. The van der Waals surface area contributed by atoms with Crippen molar-refractivity contribution in [2.75, 3.05) is 13.2 Å². The number of halogens is 1. The normalized spacial score (nSPS) is 29.0. The number of hydrogen-bond acceptors (Lipinski definition) is 6. The summed E-state index contributed by atoms with van der Waals surface area (Å²) in [6, 6.07) is 6.87. The van der Waals surface area contributed by atoms with Crippen molar-refractivity contribution in [3.63, 3.8) is 0 Å². The van der Waals surface area contributed by atoms with Crippen LogP contribution >= 0.6 is 11.6 Å². The Kier molecular flexibility index (Phi) is 4.51. The second-order valence-electron chi connectivity index (χ2n) is 5.68. The first-order valence-corrected chi connectivity index (χ1v) is 8.03. The summed E-state index contributed by atoms with van der Waals surface area (Å²) in [7, 11) is 0. The Hall–Kier alpha value is -2.05. The van der Waals surface area contributed by atoms with Gasteiger partial charge >= 0.3 is 11.9 Å².